The van der Waals surface area contributed by atoms with Crippen LogP contribution in [0, 0.1) is 0 Å². The fourth-order valence-corrected chi connectivity index (χ4v) is 1.25. The lowest BCUT2D eigenvalue weighted by Gasteiger charge is -2.14. The summed E-state index contributed by atoms with van der Waals surface area (Å²) in [5.41, 5.74) is 2.44. The Balaban J connectivity index is 4.97. The predicted molar refractivity (Wildman–Crippen MR) is 88.9 cm³/mol. The molecule has 0 aliphatic rings. The van der Waals surface area contributed by atoms with Gasteiger partial charge in [0, 0.05) is 18.8 Å². The summed E-state index contributed by atoms with van der Waals surface area (Å²) in [6.07, 6.45) is 6.37. The summed E-state index contributed by atoms with van der Waals surface area (Å²) in [6, 6.07) is 0. The highest BCUT2D eigenvalue weighted by molar-refractivity contribution is 5.48. The average molecular weight is 290 g/mol. The number of methoxy groups -OCH3 is 2. The van der Waals surface area contributed by atoms with Crippen LogP contribution in [0.25, 0.3) is 0 Å². The molecule has 0 saturated heterocycles. The Bertz CT molecular complexity index is 453. The van der Waals surface area contributed by atoms with E-state index in [0.717, 1.165) is 17.6 Å². The van der Waals surface area contributed by atoms with Crippen molar-refractivity contribution in [2.45, 2.75) is 13.3 Å². The lowest BCUT2D eigenvalue weighted by atomic mass is 10.1. The highest BCUT2D eigenvalue weighted by atomic mass is 16.5. The maximum atomic E-state index is 5.65. The fraction of sp³-hybridized carbons (Fsp3) is 0.333. The third-order valence-corrected chi connectivity index (χ3v) is 2.76. The molecule has 0 saturated carbocycles. The van der Waals surface area contributed by atoms with Crippen LogP contribution >= 0.6 is 0 Å². The van der Waals surface area contributed by atoms with Crippen LogP contribution in [0.3, 0.4) is 0 Å². The van der Waals surface area contributed by atoms with Crippen LogP contribution < -0.4 is 0 Å². The van der Waals surface area contributed by atoms with Crippen molar-refractivity contribution in [3.05, 3.63) is 72.8 Å². The second kappa shape index (κ2) is 10.7. The molecule has 0 N–H and O–H groups in total. The maximum absolute atomic E-state index is 5.65. The quantitative estimate of drug-likeness (QED) is 0.322. The van der Waals surface area contributed by atoms with Gasteiger partial charge >= 0.3 is 0 Å². The van der Waals surface area contributed by atoms with Crippen LogP contribution in [0.5, 0.6) is 0 Å². The molecule has 0 aliphatic heterocycles. The first-order valence-corrected chi connectivity index (χ1v) is 6.77. The molecule has 0 heterocycles. The average Bonchev–Trinajstić information content (AvgIpc) is 2.50. The van der Waals surface area contributed by atoms with E-state index < -0.39 is 0 Å². The molecule has 0 spiro atoms. The number of allylic oxidation sites excluding steroid dienone is 5. The third-order valence-electron chi connectivity index (χ3n) is 2.76. The molecule has 0 rings (SSSR count). The largest absolute Gasteiger partial charge is 0.497 e. The molecule has 0 fully saturated rings. The van der Waals surface area contributed by atoms with Gasteiger partial charge in [-0.05, 0) is 12.0 Å². The van der Waals surface area contributed by atoms with Gasteiger partial charge in [0.1, 0.15) is 18.1 Å². The summed E-state index contributed by atoms with van der Waals surface area (Å²) in [7, 11) is 3.17. The number of rotatable bonds is 11. The number of hydrogen-bond donors (Lipinski definition) is 0. The van der Waals surface area contributed by atoms with Crippen molar-refractivity contribution >= 4 is 0 Å². The molecule has 0 amide bonds. The molecule has 0 aromatic heterocycles. The van der Waals surface area contributed by atoms with E-state index in [0.29, 0.717) is 30.3 Å². The van der Waals surface area contributed by atoms with Crippen molar-refractivity contribution in [3.8, 4) is 0 Å². The summed E-state index contributed by atoms with van der Waals surface area (Å²) >= 11 is 0. The van der Waals surface area contributed by atoms with Crippen LogP contribution in [0.15, 0.2) is 72.8 Å². The monoisotopic (exact) mass is 290 g/mol. The zero-order chi connectivity index (χ0) is 16.3. The summed E-state index contributed by atoms with van der Waals surface area (Å²) in [6.45, 7) is 18.6. The SMILES string of the molecule is C=C(/C=C\C(=C)C(=C)/C(=C\C(=C)OC)OCCOC)CC. The number of ether oxygens (including phenoxy) is 3. The highest BCUT2D eigenvalue weighted by Gasteiger charge is 2.08. The maximum Gasteiger partial charge on any atom is 0.130 e. The molecule has 21 heavy (non-hydrogen) atoms. The van der Waals surface area contributed by atoms with Crippen molar-refractivity contribution in [2.24, 2.45) is 0 Å². The molecular formula is C18H26O3. The van der Waals surface area contributed by atoms with E-state index in [1.807, 2.05) is 19.1 Å². The van der Waals surface area contributed by atoms with Crippen LogP contribution in [0.4, 0.5) is 0 Å². The Morgan fingerprint density at radius 3 is 2.19 bits per heavy atom. The lowest BCUT2D eigenvalue weighted by Crippen LogP contribution is -2.04. The second-order valence-corrected chi connectivity index (χ2v) is 4.37. The molecule has 116 valence electrons. The predicted octanol–water partition coefficient (Wildman–Crippen LogP) is 4.33. The van der Waals surface area contributed by atoms with E-state index in [2.05, 4.69) is 26.3 Å². The minimum Gasteiger partial charge on any atom is -0.497 e. The van der Waals surface area contributed by atoms with Gasteiger partial charge in [0.05, 0.1) is 13.7 Å². The molecule has 0 radical (unpaired) electrons. The molecule has 0 atom stereocenters. The van der Waals surface area contributed by atoms with Gasteiger partial charge < -0.3 is 14.2 Å². The first-order valence-electron chi connectivity index (χ1n) is 6.77. The molecule has 0 aromatic rings. The van der Waals surface area contributed by atoms with Gasteiger partial charge in [-0.15, -0.1) is 0 Å². The molecule has 3 heteroatoms. The van der Waals surface area contributed by atoms with Gasteiger partial charge in [-0.3, -0.25) is 0 Å². The van der Waals surface area contributed by atoms with Gasteiger partial charge in [-0.25, -0.2) is 0 Å². The Morgan fingerprint density at radius 1 is 1.00 bits per heavy atom. The molecule has 0 unspecified atom stereocenters. The molecule has 0 aliphatic carbocycles. The zero-order valence-corrected chi connectivity index (χ0v) is 13.4. The topological polar surface area (TPSA) is 27.7 Å². The van der Waals surface area contributed by atoms with Crippen LogP contribution in [-0.2, 0) is 14.2 Å². The van der Waals surface area contributed by atoms with Crippen molar-refractivity contribution in [2.75, 3.05) is 27.4 Å². The summed E-state index contributed by atoms with van der Waals surface area (Å²) in [5.74, 6) is 1.05. The van der Waals surface area contributed by atoms with Gasteiger partial charge in [0.25, 0.3) is 0 Å². The van der Waals surface area contributed by atoms with E-state index >= 15 is 0 Å². The molecule has 0 aromatic carbocycles. The Morgan fingerprint density at radius 2 is 1.67 bits per heavy atom. The minimum absolute atomic E-state index is 0.414. The van der Waals surface area contributed by atoms with E-state index in [4.69, 9.17) is 14.2 Å². The molecule has 0 bridgehead atoms. The minimum atomic E-state index is 0.414. The molecule has 3 nitrogen and oxygen atoms in total. The third kappa shape index (κ3) is 8.00. The van der Waals surface area contributed by atoms with Crippen LogP contribution in [0.1, 0.15) is 13.3 Å². The summed E-state index contributed by atoms with van der Waals surface area (Å²) in [5, 5.41) is 0. The first kappa shape index (κ1) is 19.0. The number of hydrogen-bond acceptors (Lipinski definition) is 3. The van der Waals surface area contributed by atoms with E-state index in [1.54, 1.807) is 20.3 Å². The van der Waals surface area contributed by atoms with Gasteiger partial charge in [-0.2, -0.15) is 0 Å². The van der Waals surface area contributed by atoms with Crippen molar-refractivity contribution in [1.29, 1.82) is 0 Å². The highest BCUT2D eigenvalue weighted by Crippen LogP contribution is 2.21. The Hall–Kier alpha value is -2.00. The Kier molecular flexibility index (Phi) is 9.72. The molecular weight excluding hydrogens is 264 g/mol. The van der Waals surface area contributed by atoms with E-state index in [1.165, 1.54) is 0 Å². The van der Waals surface area contributed by atoms with Crippen LogP contribution in [0.2, 0.25) is 0 Å². The standard InChI is InChI=1S/C18H26O3/c1-8-14(2)9-10-15(3)17(5)18(13-16(4)20-7)21-12-11-19-6/h9-10,13H,2-5,8,11-12H2,1,6-7H3/b10-9-,18-13+. The Labute approximate surface area is 128 Å². The smallest absolute Gasteiger partial charge is 0.130 e. The van der Waals surface area contributed by atoms with Crippen LogP contribution in [-0.4, -0.2) is 27.4 Å². The fourth-order valence-electron chi connectivity index (χ4n) is 1.25. The summed E-state index contributed by atoms with van der Waals surface area (Å²) in [4.78, 5) is 0. The van der Waals surface area contributed by atoms with E-state index in [-0.39, 0.29) is 0 Å². The van der Waals surface area contributed by atoms with E-state index in [9.17, 15) is 0 Å². The second-order valence-electron chi connectivity index (χ2n) is 4.37. The zero-order valence-electron chi connectivity index (χ0n) is 13.4. The van der Waals surface area contributed by atoms with Crippen molar-refractivity contribution in [1.82, 2.24) is 0 Å². The lowest BCUT2D eigenvalue weighted by molar-refractivity contribution is 0.112. The van der Waals surface area contributed by atoms with Gasteiger partial charge in [0.15, 0.2) is 0 Å². The normalized spacial score (nSPS) is 11.3. The van der Waals surface area contributed by atoms with Gasteiger partial charge in [0.2, 0.25) is 0 Å². The first-order chi connectivity index (χ1) is 9.96. The summed E-state index contributed by atoms with van der Waals surface area (Å²) < 4.78 is 15.7. The van der Waals surface area contributed by atoms with Gasteiger partial charge in [-0.1, -0.05) is 51.0 Å². The van der Waals surface area contributed by atoms with Crippen molar-refractivity contribution in [3.63, 3.8) is 0 Å². The van der Waals surface area contributed by atoms with Crippen molar-refractivity contribution < 1.29 is 14.2 Å².